The summed E-state index contributed by atoms with van der Waals surface area (Å²) in [5, 5.41) is 10.0. The summed E-state index contributed by atoms with van der Waals surface area (Å²) in [7, 11) is 0. The van der Waals surface area contributed by atoms with Crippen LogP contribution in [-0.4, -0.2) is 42.3 Å². The molecule has 1 heterocycles. The minimum Gasteiger partial charge on any atom is -0.481 e. The summed E-state index contributed by atoms with van der Waals surface area (Å²) >= 11 is 11.9. The Labute approximate surface area is 121 Å². The zero-order valence-corrected chi connectivity index (χ0v) is 11.8. The zero-order chi connectivity index (χ0) is 13.8. The molecule has 1 aliphatic rings. The number of aliphatic carboxylic acids is 1. The maximum absolute atomic E-state index is 11.1. The number of halogens is 2. The third-order valence-corrected chi connectivity index (χ3v) is 3.92. The van der Waals surface area contributed by atoms with E-state index in [4.69, 9.17) is 33.0 Å². The average Bonchev–Trinajstić information content (AvgIpc) is 2.40. The van der Waals surface area contributed by atoms with E-state index >= 15 is 0 Å². The van der Waals surface area contributed by atoms with Crippen LogP contribution >= 0.6 is 23.2 Å². The lowest BCUT2D eigenvalue weighted by atomic mass is 10.0. The highest BCUT2D eigenvalue weighted by molar-refractivity contribution is 6.42. The maximum Gasteiger partial charge on any atom is 0.305 e. The first kappa shape index (κ1) is 14.6. The van der Waals surface area contributed by atoms with Gasteiger partial charge in [-0.1, -0.05) is 29.3 Å². The van der Waals surface area contributed by atoms with Gasteiger partial charge in [0.05, 0.1) is 29.7 Å². The molecule has 0 spiro atoms. The summed E-state index contributed by atoms with van der Waals surface area (Å²) in [4.78, 5) is 13.2. The molecule has 1 N–H and O–H groups in total. The fourth-order valence-electron chi connectivity index (χ4n) is 2.23. The first-order chi connectivity index (χ1) is 9.08. The molecular formula is C13H15Cl2NO3. The molecule has 4 nitrogen and oxygen atoms in total. The molecule has 0 aromatic heterocycles. The Morgan fingerprint density at radius 2 is 2.00 bits per heavy atom. The lowest BCUT2D eigenvalue weighted by Crippen LogP contribution is -2.39. The van der Waals surface area contributed by atoms with Gasteiger partial charge >= 0.3 is 5.97 Å². The minimum absolute atomic E-state index is 0.0396. The van der Waals surface area contributed by atoms with Gasteiger partial charge in [0, 0.05) is 19.1 Å². The highest BCUT2D eigenvalue weighted by Crippen LogP contribution is 2.30. The van der Waals surface area contributed by atoms with Crippen LogP contribution in [0.4, 0.5) is 0 Å². The van der Waals surface area contributed by atoms with Crippen molar-refractivity contribution >= 4 is 29.2 Å². The molecule has 1 aromatic rings. The van der Waals surface area contributed by atoms with E-state index in [1.807, 2.05) is 6.07 Å². The van der Waals surface area contributed by atoms with Gasteiger partial charge in [-0.2, -0.15) is 0 Å². The molecule has 0 unspecified atom stereocenters. The molecule has 1 atom stereocenters. The largest absolute Gasteiger partial charge is 0.481 e. The lowest BCUT2D eigenvalue weighted by Gasteiger charge is -2.34. The molecule has 2 rings (SSSR count). The number of hydrogen-bond donors (Lipinski definition) is 1. The van der Waals surface area contributed by atoms with E-state index in [1.165, 1.54) is 0 Å². The second-order valence-electron chi connectivity index (χ2n) is 4.44. The smallest absolute Gasteiger partial charge is 0.305 e. The van der Waals surface area contributed by atoms with Crippen molar-refractivity contribution in [2.24, 2.45) is 0 Å². The van der Waals surface area contributed by atoms with Gasteiger partial charge in [0.25, 0.3) is 0 Å². The van der Waals surface area contributed by atoms with Crippen LogP contribution in [0.2, 0.25) is 10.0 Å². The van der Waals surface area contributed by atoms with E-state index in [2.05, 4.69) is 4.90 Å². The highest BCUT2D eigenvalue weighted by atomic mass is 35.5. The van der Waals surface area contributed by atoms with Crippen LogP contribution < -0.4 is 0 Å². The van der Waals surface area contributed by atoms with Gasteiger partial charge in [-0.05, 0) is 17.7 Å². The topological polar surface area (TPSA) is 49.8 Å². The first-order valence-corrected chi connectivity index (χ1v) is 6.82. The van der Waals surface area contributed by atoms with Crippen LogP contribution in [0.1, 0.15) is 18.0 Å². The normalized spacial score (nSPS) is 18.2. The van der Waals surface area contributed by atoms with Gasteiger partial charge in [0.2, 0.25) is 0 Å². The summed E-state index contributed by atoms with van der Waals surface area (Å²) < 4.78 is 5.30. The second-order valence-corrected chi connectivity index (χ2v) is 5.25. The molecule has 1 saturated heterocycles. The molecule has 6 heteroatoms. The summed E-state index contributed by atoms with van der Waals surface area (Å²) in [6.45, 7) is 2.69. The maximum atomic E-state index is 11.1. The van der Waals surface area contributed by atoms with E-state index < -0.39 is 5.97 Å². The van der Waals surface area contributed by atoms with Crippen LogP contribution in [-0.2, 0) is 9.53 Å². The van der Waals surface area contributed by atoms with Gasteiger partial charge in [0.15, 0.2) is 0 Å². The van der Waals surface area contributed by atoms with Crippen LogP contribution in [0.5, 0.6) is 0 Å². The molecule has 1 fully saturated rings. The van der Waals surface area contributed by atoms with Crippen molar-refractivity contribution in [3.05, 3.63) is 33.8 Å². The quantitative estimate of drug-likeness (QED) is 0.929. The number of carboxylic acid groups (broad SMARTS) is 1. The van der Waals surface area contributed by atoms with E-state index in [1.54, 1.807) is 12.1 Å². The predicted octanol–water partition coefficient (Wildman–Crippen LogP) is 2.84. The van der Waals surface area contributed by atoms with E-state index in [0.29, 0.717) is 23.3 Å². The number of nitrogens with zero attached hydrogens (tertiary/aromatic N) is 1. The van der Waals surface area contributed by atoms with Gasteiger partial charge in [-0.15, -0.1) is 0 Å². The number of ether oxygens (including phenoxy) is 1. The van der Waals surface area contributed by atoms with Crippen LogP contribution in [0.15, 0.2) is 18.2 Å². The van der Waals surface area contributed by atoms with Crippen LogP contribution in [0, 0.1) is 0 Å². The first-order valence-electron chi connectivity index (χ1n) is 6.06. The third-order valence-electron chi connectivity index (χ3n) is 3.18. The minimum atomic E-state index is -0.831. The van der Waals surface area contributed by atoms with Crippen molar-refractivity contribution in [3.8, 4) is 0 Å². The Kier molecular flexibility index (Phi) is 5.05. The lowest BCUT2D eigenvalue weighted by molar-refractivity contribution is -0.139. The number of morpholine rings is 1. The van der Waals surface area contributed by atoms with Gasteiger partial charge in [-0.3, -0.25) is 9.69 Å². The SMILES string of the molecule is O=C(O)C[C@H](c1ccc(Cl)c(Cl)c1)N1CCOCC1. The molecule has 0 saturated carbocycles. The number of carbonyl (C=O) groups is 1. The average molecular weight is 304 g/mol. The van der Waals surface area contributed by atoms with Crippen LogP contribution in [0.3, 0.4) is 0 Å². The fourth-order valence-corrected chi connectivity index (χ4v) is 2.54. The van der Waals surface area contributed by atoms with Crippen molar-refractivity contribution in [1.29, 1.82) is 0 Å². The molecule has 1 aromatic carbocycles. The molecule has 19 heavy (non-hydrogen) atoms. The molecular weight excluding hydrogens is 289 g/mol. The molecule has 1 aliphatic heterocycles. The van der Waals surface area contributed by atoms with Crippen molar-refractivity contribution < 1.29 is 14.6 Å². The summed E-state index contributed by atoms with van der Waals surface area (Å²) in [6, 6.07) is 5.08. The fraction of sp³-hybridized carbons (Fsp3) is 0.462. The molecule has 0 amide bonds. The van der Waals surface area contributed by atoms with E-state index in [0.717, 1.165) is 18.7 Å². The predicted molar refractivity (Wildman–Crippen MR) is 73.8 cm³/mol. The number of benzene rings is 1. The van der Waals surface area contributed by atoms with E-state index in [9.17, 15) is 4.79 Å². The highest BCUT2D eigenvalue weighted by Gasteiger charge is 2.25. The second kappa shape index (κ2) is 6.57. The Balaban J connectivity index is 2.24. The van der Waals surface area contributed by atoms with Gasteiger partial charge in [0.1, 0.15) is 0 Å². The van der Waals surface area contributed by atoms with Crippen molar-refractivity contribution in [1.82, 2.24) is 4.90 Å². The summed E-state index contributed by atoms with van der Waals surface area (Å²) in [5.74, 6) is -0.831. The Bertz CT molecular complexity index is 461. The zero-order valence-electron chi connectivity index (χ0n) is 10.3. The summed E-state index contributed by atoms with van der Waals surface area (Å²) in [6.07, 6.45) is 0.0396. The Hall–Kier alpha value is -0.810. The summed E-state index contributed by atoms with van der Waals surface area (Å²) in [5.41, 5.74) is 0.874. The van der Waals surface area contributed by atoms with Crippen molar-refractivity contribution in [3.63, 3.8) is 0 Å². The van der Waals surface area contributed by atoms with Crippen LogP contribution in [0.25, 0.3) is 0 Å². The molecule has 104 valence electrons. The van der Waals surface area contributed by atoms with Gasteiger partial charge in [-0.25, -0.2) is 0 Å². The Morgan fingerprint density at radius 3 is 2.58 bits per heavy atom. The molecule has 0 bridgehead atoms. The standard InChI is InChI=1S/C13H15Cl2NO3/c14-10-2-1-9(7-11(10)15)12(8-13(17)18)16-3-5-19-6-4-16/h1-2,7,12H,3-6,8H2,(H,17,18)/t12-/m1/s1. The monoisotopic (exact) mass is 303 g/mol. The molecule has 0 aliphatic carbocycles. The Morgan fingerprint density at radius 1 is 1.32 bits per heavy atom. The van der Waals surface area contributed by atoms with E-state index in [-0.39, 0.29) is 12.5 Å². The third kappa shape index (κ3) is 3.83. The number of carboxylic acids is 1. The number of hydrogen-bond acceptors (Lipinski definition) is 3. The van der Waals surface area contributed by atoms with Crippen molar-refractivity contribution in [2.75, 3.05) is 26.3 Å². The van der Waals surface area contributed by atoms with Gasteiger partial charge < -0.3 is 9.84 Å². The van der Waals surface area contributed by atoms with Crippen molar-refractivity contribution in [2.45, 2.75) is 12.5 Å². The number of rotatable bonds is 4. The molecule has 0 radical (unpaired) electrons.